The van der Waals surface area contributed by atoms with Gasteiger partial charge in [0.25, 0.3) is 0 Å². The maximum absolute atomic E-state index is 11.8. The van der Waals surface area contributed by atoms with Gasteiger partial charge in [-0.2, -0.15) is 5.26 Å². The monoisotopic (exact) mass is 344 g/mol. The number of aromatic nitrogens is 1. The number of ether oxygens (including phenoxy) is 1. The number of hydrogen-bond acceptors (Lipinski definition) is 3. The number of nitrogens with zero attached hydrogens (tertiary/aromatic N) is 2. The zero-order valence-electron chi connectivity index (χ0n) is 6.77. The van der Waals surface area contributed by atoms with Crippen molar-refractivity contribution in [1.29, 1.82) is 5.26 Å². The molecule has 0 N–H and O–H groups in total. The highest BCUT2D eigenvalue weighted by atomic mass is 79.9. The molecule has 0 aliphatic carbocycles. The molecule has 1 heterocycles. The molecule has 0 saturated heterocycles. The van der Waals surface area contributed by atoms with Gasteiger partial charge in [0.15, 0.2) is 0 Å². The molecule has 0 spiro atoms. The first-order valence-corrected chi connectivity index (χ1v) is 4.94. The van der Waals surface area contributed by atoms with Gasteiger partial charge in [-0.15, -0.1) is 13.2 Å². The van der Waals surface area contributed by atoms with Crippen LogP contribution in [0.2, 0.25) is 0 Å². The van der Waals surface area contributed by atoms with Gasteiger partial charge in [0.2, 0.25) is 5.88 Å². The fourth-order valence-corrected chi connectivity index (χ4v) is 1.95. The smallest absolute Gasteiger partial charge is 0.388 e. The third kappa shape index (κ3) is 3.35. The van der Waals surface area contributed by atoms with Crippen LogP contribution in [-0.2, 0) is 0 Å². The normalized spacial score (nSPS) is 10.9. The molecule has 0 aromatic carbocycles. The van der Waals surface area contributed by atoms with Crippen molar-refractivity contribution in [3.05, 3.63) is 20.7 Å². The van der Waals surface area contributed by atoms with Gasteiger partial charge in [-0.1, -0.05) is 0 Å². The molecule has 3 nitrogen and oxygen atoms in total. The van der Waals surface area contributed by atoms with E-state index in [9.17, 15) is 13.2 Å². The van der Waals surface area contributed by atoms with E-state index in [0.29, 0.717) is 0 Å². The maximum atomic E-state index is 11.8. The average Bonchev–Trinajstić information content (AvgIpc) is 1.99. The van der Waals surface area contributed by atoms with E-state index in [0.717, 1.165) is 6.07 Å². The molecule has 80 valence electrons. The summed E-state index contributed by atoms with van der Waals surface area (Å²) in [6, 6.07) is 2.73. The Labute approximate surface area is 99.1 Å². The van der Waals surface area contributed by atoms with Crippen molar-refractivity contribution in [2.24, 2.45) is 0 Å². The summed E-state index contributed by atoms with van der Waals surface area (Å²) in [7, 11) is 0. The molecule has 1 aromatic heterocycles. The van der Waals surface area contributed by atoms with Gasteiger partial charge in [0, 0.05) is 10.5 Å². The minimum atomic E-state index is -4.81. The first-order chi connectivity index (χ1) is 6.83. The van der Waals surface area contributed by atoms with E-state index < -0.39 is 12.2 Å². The minimum Gasteiger partial charge on any atom is -0.388 e. The van der Waals surface area contributed by atoms with Crippen molar-refractivity contribution in [1.82, 2.24) is 4.98 Å². The molecule has 0 amide bonds. The van der Waals surface area contributed by atoms with Gasteiger partial charge >= 0.3 is 6.36 Å². The zero-order chi connectivity index (χ0) is 11.6. The molecule has 0 bridgehead atoms. The molecule has 0 radical (unpaired) electrons. The van der Waals surface area contributed by atoms with Gasteiger partial charge in [-0.05, 0) is 31.9 Å². The van der Waals surface area contributed by atoms with E-state index >= 15 is 0 Å². The largest absolute Gasteiger partial charge is 0.574 e. The summed E-state index contributed by atoms with van der Waals surface area (Å²) in [5.74, 6) is -0.639. The van der Waals surface area contributed by atoms with Gasteiger partial charge in [0.1, 0.15) is 10.7 Å². The van der Waals surface area contributed by atoms with Crippen LogP contribution in [0, 0.1) is 11.3 Å². The SMILES string of the molecule is N#Cc1c(Br)cc(OC(F)(F)F)nc1Br. The van der Waals surface area contributed by atoms with Gasteiger partial charge < -0.3 is 4.74 Å². The second-order valence-corrected chi connectivity index (χ2v) is 3.87. The predicted molar refractivity (Wildman–Crippen MR) is 51.0 cm³/mol. The Morgan fingerprint density at radius 3 is 2.40 bits per heavy atom. The number of nitriles is 1. The van der Waals surface area contributed by atoms with Crippen LogP contribution in [0.3, 0.4) is 0 Å². The Morgan fingerprint density at radius 2 is 2.00 bits per heavy atom. The minimum absolute atomic E-state index is 0.0152. The van der Waals surface area contributed by atoms with E-state index in [1.165, 1.54) is 0 Å². The molecule has 15 heavy (non-hydrogen) atoms. The number of halogens is 5. The summed E-state index contributed by atoms with van der Waals surface area (Å²) in [5.41, 5.74) is 0.101. The Morgan fingerprint density at radius 1 is 1.40 bits per heavy atom. The van der Waals surface area contributed by atoms with Gasteiger partial charge in [-0.3, -0.25) is 0 Å². The van der Waals surface area contributed by atoms with Crippen molar-refractivity contribution < 1.29 is 17.9 Å². The molecule has 0 saturated carbocycles. The Bertz CT molecular complexity index is 404. The molecule has 0 fully saturated rings. The van der Waals surface area contributed by atoms with E-state index in [-0.39, 0.29) is 14.6 Å². The lowest BCUT2D eigenvalue weighted by atomic mass is 10.3. The highest BCUT2D eigenvalue weighted by Gasteiger charge is 2.32. The van der Waals surface area contributed by atoms with Crippen molar-refractivity contribution >= 4 is 31.9 Å². The molecule has 0 aliphatic heterocycles. The van der Waals surface area contributed by atoms with Crippen LogP contribution in [0.1, 0.15) is 5.56 Å². The fourth-order valence-electron chi connectivity index (χ4n) is 0.734. The van der Waals surface area contributed by atoms with Crippen molar-refractivity contribution in [2.45, 2.75) is 6.36 Å². The van der Waals surface area contributed by atoms with Crippen molar-refractivity contribution in [3.8, 4) is 11.9 Å². The summed E-state index contributed by atoms with van der Waals surface area (Å²) < 4.78 is 39.2. The standard InChI is InChI=1S/C7HBr2F3N2O/c8-4-1-5(15-7(10,11)12)14-6(9)3(4)2-13/h1H. The van der Waals surface area contributed by atoms with Gasteiger partial charge in [0.05, 0.1) is 5.56 Å². The molecule has 0 atom stereocenters. The number of rotatable bonds is 1. The van der Waals surface area contributed by atoms with Crippen LogP contribution in [0.5, 0.6) is 5.88 Å². The number of hydrogen-bond donors (Lipinski definition) is 0. The van der Waals surface area contributed by atoms with Crippen LogP contribution in [0.15, 0.2) is 15.1 Å². The van der Waals surface area contributed by atoms with Gasteiger partial charge in [-0.25, -0.2) is 4.98 Å². The van der Waals surface area contributed by atoms with Crippen LogP contribution >= 0.6 is 31.9 Å². The summed E-state index contributed by atoms with van der Waals surface area (Å²) in [5, 5.41) is 8.61. The molecular formula is C7HBr2F3N2O. The second kappa shape index (κ2) is 4.37. The van der Waals surface area contributed by atoms with E-state index in [1.807, 2.05) is 0 Å². The van der Waals surface area contributed by atoms with Crippen LogP contribution in [0.25, 0.3) is 0 Å². The van der Waals surface area contributed by atoms with Crippen molar-refractivity contribution in [3.63, 3.8) is 0 Å². The van der Waals surface area contributed by atoms with Crippen LogP contribution < -0.4 is 4.74 Å². The second-order valence-electron chi connectivity index (χ2n) is 2.27. The highest BCUT2D eigenvalue weighted by Crippen LogP contribution is 2.29. The number of alkyl halides is 3. The molecule has 0 aliphatic rings. The maximum Gasteiger partial charge on any atom is 0.574 e. The van der Waals surface area contributed by atoms with E-state index in [1.54, 1.807) is 6.07 Å². The third-order valence-electron chi connectivity index (χ3n) is 1.24. The predicted octanol–water partition coefficient (Wildman–Crippen LogP) is 3.38. The van der Waals surface area contributed by atoms with Crippen LogP contribution in [0.4, 0.5) is 13.2 Å². The third-order valence-corrected chi connectivity index (χ3v) is 2.44. The fraction of sp³-hybridized carbons (Fsp3) is 0.143. The lowest BCUT2D eigenvalue weighted by molar-refractivity contribution is -0.276. The summed E-state index contributed by atoms with van der Waals surface area (Å²) in [6.07, 6.45) is -4.81. The number of pyridine rings is 1. The Kier molecular flexibility index (Phi) is 3.57. The van der Waals surface area contributed by atoms with E-state index in [4.69, 9.17) is 5.26 Å². The lowest BCUT2D eigenvalue weighted by Crippen LogP contribution is -2.18. The summed E-state index contributed by atoms with van der Waals surface area (Å²) in [6.45, 7) is 0. The summed E-state index contributed by atoms with van der Waals surface area (Å²) >= 11 is 5.78. The first-order valence-electron chi connectivity index (χ1n) is 3.35. The zero-order valence-corrected chi connectivity index (χ0v) is 9.94. The molecule has 1 aromatic rings. The van der Waals surface area contributed by atoms with Crippen LogP contribution in [-0.4, -0.2) is 11.3 Å². The quantitative estimate of drug-likeness (QED) is 0.733. The van der Waals surface area contributed by atoms with Crippen molar-refractivity contribution in [2.75, 3.05) is 0 Å². The lowest BCUT2D eigenvalue weighted by Gasteiger charge is -2.08. The molecule has 8 heteroatoms. The molecule has 1 rings (SSSR count). The molecule has 0 unspecified atom stereocenters. The first kappa shape index (κ1) is 12.3. The molecular weight excluding hydrogens is 345 g/mol. The average molecular weight is 346 g/mol. The van der Waals surface area contributed by atoms with E-state index in [2.05, 4.69) is 41.6 Å². The Hall–Kier alpha value is -0.810. The summed E-state index contributed by atoms with van der Waals surface area (Å²) in [4.78, 5) is 3.41. The Balaban J connectivity index is 3.11. The highest BCUT2D eigenvalue weighted by molar-refractivity contribution is 9.11. The topological polar surface area (TPSA) is 45.9 Å².